The molecule has 1 aliphatic heterocycles. The van der Waals surface area contributed by atoms with Crippen LogP contribution >= 0.6 is 0 Å². The lowest BCUT2D eigenvalue weighted by Gasteiger charge is -2.23. The molecule has 4 heteroatoms. The molecule has 1 aliphatic rings. The van der Waals surface area contributed by atoms with Crippen molar-refractivity contribution in [3.05, 3.63) is 24.0 Å². The molecule has 1 saturated heterocycles. The predicted molar refractivity (Wildman–Crippen MR) is 76.6 cm³/mol. The fraction of sp³-hybridized carbons (Fsp3) is 0.533. The minimum Gasteiger partial charge on any atom is -0.497 e. The Bertz CT molecular complexity index is 570. The van der Waals surface area contributed by atoms with Crippen LogP contribution in [0.5, 0.6) is 5.75 Å². The molecule has 2 heterocycles. The molecule has 0 saturated carbocycles. The first-order valence-corrected chi connectivity index (χ1v) is 7.00. The Balaban J connectivity index is 1.88. The molecule has 0 spiro atoms. The van der Waals surface area contributed by atoms with Gasteiger partial charge in [-0.1, -0.05) is 6.42 Å². The van der Waals surface area contributed by atoms with E-state index in [-0.39, 0.29) is 0 Å². The number of ether oxygens (including phenoxy) is 1. The van der Waals surface area contributed by atoms with Crippen LogP contribution in [0.2, 0.25) is 0 Å². The van der Waals surface area contributed by atoms with E-state index in [0.29, 0.717) is 6.04 Å². The second kappa shape index (κ2) is 5.21. The Morgan fingerprint density at radius 3 is 3.05 bits per heavy atom. The summed E-state index contributed by atoms with van der Waals surface area (Å²) >= 11 is 0. The summed E-state index contributed by atoms with van der Waals surface area (Å²) in [5, 5.41) is 3.58. The number of hydrogen-bond donors (Lipinski definition) is 1. The highest BCUT2D eigenvalue weighted by Gasteiger charge is 2.17. The first kappa shape index (κ1) is 12.5. The molecular formula is C15H21N3O. The van der Waals surface area contributed by atoms with Gasteiger partial charge in [0, 0.05) is 25.6 Å². The third-order valence-corrected chi connectivity index (χ3v) is 4.02. The smallest absolute Gasteiger partial charge is 0.121 e. The van der Waals surface area contributed by atoms with Gasteiger partial charge in [0.05, 0.1) is 18.1 Å². The maximum atomic E-state index is 5.28. The largest absolute Gasteiger partial charge is 0.497 e. The van der Waals surface area contributed by atoms with Crippen LogP contribution in [-0.2, 0) is 13.5 Å². The van der Waals surface area contributed by atoms with Crippen LogP contribution in [0, 0.1) is 0 Å². The molecule has 102 valence electrons. The lowest BCUT2D eigenvalue weighted by Crippen LogP contribution is -2.36. The van der Waals surface area contributed by atoms with Gasteiger partial charge in [-0.05, 0) is 31.5 Å². The van der Waals surface area contributed by atoms with E-state index in [1.165, 1.54) is 19.3 Å². The summed E-state index contributed by atoms with van der Waals surface area (Å²) in [6, 6.07) is 6.63. The van der Waals surface area contributed by atoms with E-state index >= 15 is 0 Å². The average molecular weight is 259 g/mol. The SMILES string of the molecule is COc1ccc2nc(CC3CCCCN3)n(C)c2c1. The number of hydrogen-bond acceptors (Lipinski definition) is 3. The van der Waals surface area contributed by atoms with Crippen LogP contribution in [0.4, 0.5) is 0 Å². The predicted octanol–water partition coefficient (Wildman–Crippen LogP) is 2.27. The fourth-order valence-electron chi connectivity index (χ4n) is 2.85. The summed E-state index contributed by atoms with van der Waals surface area (Å²) in [5.41, 5.74) is 2.19. The van der Waals surface area contributed by atoms with Gasteiger partial charge in [0.2, 0.25) is 0 Å². The van der Waals surface area contributed by atoms with Gasteiger partial charge in [-0.3, -0.25) is 0 Å². The zero-order valence-corrected chi connectivity index (χ0v) is 11.6. The highest BCUT2D eigenvalue weighted by molar-refractivity contribution is 5.77. The number of fused-ring (bicyclic) bond motifs is 1. The molecule has 0 aliphatic carbocycles. The zero-order valence-electron chi connectivity index (χ0n) is 11.6. The fourth-order valence-corrected chi connectivity index (χ4v) is 2.85. The molecule has 1 aromatic heterocycles. The van der Waals surface area contributed by atoms with Gasteiger partial charge in [-0.25, -0.2) is 4.98 Å². The minimum atomic E-state index is 0.575. The number of aromatic nitrogens is 2. The molecule has 0 bridgehead atoms. The van der Waals surface area contributed by atoms with Crippen LogP contribution < -0.4 is 10.1 Å². The van der Waals surface area contributed by atoms with Crippen LogP contribution in [0.1, 0.15) is 25.1 Å². The van der Waals surface area contributed by atoms with E-state index in [1.807, 2.05) is 12.1 Å². The molecule has 1 fully saturated rings. The Morgan fingerprint density at radius 1 is 1.42 bits per heavy atom. The van der Waals surface area contributed by atoms with Gasteiger partial charge in [-0.15, -0.1) is 0 Å². The molecule has 1 aromatic carbocycles. The van der Waals surface area contributed by atoms with E-state index in [1.54, 1.807) is 7.11 Å². The zero-order chi connectivity index (χ0) is 13.2. The molecule has 1 atom stereocenters. The van der Waals surface area contributed by atoms with Crippen molar-refractivity contribution in [2.24, 2.45) is 7.05 Å². The maximum Gasteiger partial charge on any atom is 0.121 e. The molecule has 0 radical (unpaired) electrons. The Morgan fingerprint density at radius 2 is 2.32 bits per heavy atom. The lowest BCUT2D eigenvalue weighted by atomic mass is 10.0. The molecule has 3 rings (SSSR count). The Hall–Kier alpha value is -1.55. The molecular weight excluding hydrogens is 238 g/mol. The van der Waals surface area contributed by atoms with Crippen LogP contribution in [0.25, 0.3) is 11.0 Å². The van der Waals surface area contributed by atoms with Gasteiger partial charge in [-0.2, -0.15) is 0 Å². The molecule has 4 nitrogen and oxygen atoms in total. The van der Waals surface area contributed by atoms with Gasteiger partial charge >= 0.3 is 0 Å². The van der Waals surface area contributed by atoms with E-state index in [4.69, 9.17) is 9.72 Å². The highest BCUT2D eigenvalue weighted by atomic mass is 16.5. The first-order valence-electron chi connectivity index (χ1n) is 7.00. The van der Waals surface area contributed by atoms with Crippen molar-refractivity contribution >= 4 is 11.0 Å². The van der Waals surface area contributed by atoms with Crippen molar-refractivity contribution < 1.29 is 4.74 Å². The third kappa shape index (κ3) is 2.45. The summed E-state index contributed by atoms with van der Waals surface area (Å²) in [6.45, 7) is 1.14. The summed E-state index contributed by atoms with van der Waals surface area (Å²) in [7, 11) is 3.79. The highest BCUT2D eigenvalue weighted by Crippen LogP contribution is 2.22. The van der Waals surface area contributed by atoms with Gasteiger partial charge in [0.15, 0.2) is 0 Å². The second-order valence-corrected chi connectivity index (χ2v) is 5.29. The third-order valence-electron chi connectivity index (χ3n) is 4.02. The summed E-state index contributed by atoms with van der Waals surface area (Å²) in [6.07, 6.45) is 4.89. The Labute approximate surface area is 113 Å². The van der Waals surface area contributed by atoms with Gasteiger partial charge < -0.3 is 14.6 Å². The number of methoxy groups -OCH3 is 1. The summed E-state index contributed by atoms with van der Waals surface area (Å²) in [4.78, 5) is 4.75. The standard InChI is InChI=1S/C15H21N3O/c1-18-14-10-12(19-2)6-7-13(14)17-15(18)9-11-5-3-4-8-16-11/h6-7,10-11,16H,3-5,8-9H2,1-2H3. The molecule has 2 aromatic rings. The number of imidazole rings is 1. The van der Waals surface area contributed by atoms with Crippen molar-refractivity contribution in [2.45, 2.75) is 31.7 Å². The van der Waals surface area contributed by atoms with Crippen LogP contribution in [0.15, 0.2) is 18.2 Å². The average Bonchev–Trinajstić information content (AvgIpc) is 2.76. The quantitative estimate of drug-likeness (QED) is 0.919. The Kier molecular flexibility index (Phi) is 3.42. The van der Waals surface area contributed by atoms with Crippen molar-refractivity contribution in [2.75, 3.05) is 13.7 Å². The number of nitrogens with zero attached hydrogens (tertiary/aromatic N) is 2. The van der Waals surface area contributed by atoms with E-state index < -0.39 is 0 Å². The normalized spacial score (nSPS) is 19.8. The van der Waals surface area contributed by atoms with E-state index in [9.17, 15) is 0 Å². The van der Waals surface area contributed by atoms with Crippen molar-refractivity contribution in [3.8, 4) is 5.75 Å². The number of rotatable bonds is 3. The van der Waals surface area contributed by atoms with Gasteiger partial charge in [0.1, 0.15) is 11.6 Å². The van der Waals surface area contributed by atoms with Gasteiger partial charge in [0.25, 0.3) is 0 Å². The second-order valence-electron chi connectivity index (χ2n) is 5.29. The van der Waals surface area contributed by atoms with E-state index in [2.05, 4.69) is 23.0 Å². The summed E-state index contributed by atoms with van der Waals surface area (Å²) < 4.78 is 7.47. The van der Waals surface area contributed by atoms with Crippen molar-refractivity contribution in [3.63, 3.8) is 0 Å². The van der Waals surface area contributed by atoms with Crippen molar-refractivity contribution in [1.29, 1.82) is 0 Å². The van der Waals surface area contributed by atoms with E-state index in [0.717, 1.165) is 35.6 Å². The molecule has 0 amide bonds. The summed E-state index contributed by atoms with van der Waals surface area (Å²) in [5.74, 6) is 2.04. The monoisotopic (exact) mass is 259 g/mol. The number of nitrogens with one attached hydrogen (secondary N) is 1. The minimum absolute atomic E-state index is 0.575. The lowest BCUT2D eigenvalue weighted by molar-refractivity contribution is 0.392. The first-order chi connectivity index (χ1) is 9.28. The molecule has 1 unspecified atom stereocenters. The number of aryl methyl sites for hydroxylation is 1. The number of piperidine rings is 1. The van der Waals surface area contributed by atoms with Crippen LogP contribution in [-0.4, -0.2) is 29.2 Å². The molecule has 19 heavy (non-hydrogen) atoms. The maximum absolute atomic E-state index is 5.28. The molecule has 1 N–H and O–H groups in total. The number of benzene rings is 1. The van der Waals surface area contributed by atoms with Crippen LogP contribution in [0.3, 0.4) is 0 Å². The van der Waals surface area contributed by atoms with Crippen molar-refractivity contribution in [1.82, 2.24) is 14.9 Å². The topological polar surface area (TPSA) is 39.1 Å².